The van der Waals surface area contributed by atoms with E-state index >= 15 is 0 Å². The van der Waals surface area contributed by atoms with Gasteiger partial charge in [0.25, 0.3) is 5.91 Å². The van der Waals surface area contributed by atoms with Crippen LogP contribution in [0.2, 0.25) is 0 Å². The van der Waals surface area contributed by atoms with E-state index in [4.69, 9.17) is 4.74 Å². The van der Waals surface area contributed by atoms with E-state index in [0.29, 0.717) is 16.0 Å². The lowest BCUT2D eigenvalue weighted by Gasteiger charge is -2.02. The quantitative estimate of drug-likeness (QED) is 0.520. The molecule has 0 saturated heterocycles. The van der Waals surface area contributed by atoms with Crippen molar-refractivity contribution in [3.05, 3.63) is 56.8 Å². The summed E-state index contributed by atoms with van der Waals surface area (Å²) in [5.74, 6) is -0.704. The minimum atomic E-state index is -0.445. The molecule has 2 aromatic rings. The molecule has 0 aliphatic carbocycles. The highest BCUT2D eigenvalue weighted by Gasteiger charge is 2.12. The maximum Gasteiger partial charge on any atom is 0.338 e. The van der Waals surface area contributed by atoms with Gasteiger partial charge in [-0.2, -0.15) is 5.10 Å². The second-order valence-corrected chi connectivity index (χ2v) is 5.99. The zero-order valence-electron chi connectivity index (χ0n) is 13.3. The molecule has 1 aromatic carbocycles. The van der Waals surface area contributed by atoms with Crippen molar-refractivity contribution in [2.75, 3.05) is 7.11 Å². The highest BCUT2D eigenvalue weighted by molar-refractivity contribution is 7.14. The van der Waals surface area contributed by atoms with Crippen LogP contribution < -0.4 is 5.43 Å². The van der Waals surface area contributed by atoms with Gasteiger partial charge in [-0.1, -0.05) is 25.1 Å². The van der Waals surface area contributed by atoms with Crippen molar-refractivity contribution in [2.24, 2.45) is 5.10 Å². The van der Waals surface area contributed by atoms with Crippen LogP contribution >= 0.6 is 11.3 Å². The molecule has 6 heteroatoms. The summed E-state index contributed by atoms with van der Waals surface area (Å²) in [6.45, 7) is 4.05. The van der Waals surface area contributed by atoms with E-state index in [9.17, 15) is 9.59 Å². The van der Waals surface area contributed by atoms with E-state index < -0.39 is 5.97 Å². The van der Waals surface area contributed by atoms with Crippen molar-refractivity contribution in [1.82, 2.24) is 5.43 Å². The number of hydrogen-bond donors (Lipinski definition) is 1. The van der Waals surface area contributed by atoms with Crippen LogP contribution in [0.3, 0.4) is 0 Å². The first-order valence-electron chi connectivity index (χ1n) is 7.16. The summed E-state index contributed by atoms with van der Waals surface area (Å²) in [4.78, 5) is 25.6. The highest BCUT2D eigenvalue weighted by atomic mass is 32.1. The fourth-order valence-electron chi connectivity index (χ4n) is 2.10. The number of amides is 1. The Balaban J connectivity index is 2.09. The molecule has 5 nitrogen and oxygen atoms in total. The third-order valence-electron chi connectivity index (χ3n) is 3.30. The van der Waals surface area contributed by atoms with Crippen LogP contribution in [0.25, 0.3) is 0 Å². The van der Waals surface area contributed by atoms with Crippen molar-refractivity contribution in [1.29, 1.82) is 0 Å². The fourth-order valence-corrected chi connectivity index (χ4v) is 3.11. The van der Waals surface area contributed by atoms with Crippen LogP contribution in [-0.4, -0.2) is 25.2 Å². The van der Waals surface area contributed by atoms with Crippen molar-refractivity contribution >= 4 is 29.4 Å². The first-order chi connectivity index (χ1) is 11.1. The lowest BCUT2D eigenvalue weighted by atomic mass is 10.1. The molecule has 1 heterocycles. The number of hydrogen-bond acceptors (Lipinski definition) is 5. The zero-order chi connectivity index (χ0) is 16.8. The first kappa shape index (κ1) is 16.9. The molecule has 0 radical (unpaired) electrons. The van der Waals surface area contributed by atoms with Crippen LogP contribution in [0, 0.1) is 6.92 Å². The lowest BCUT2D eigenvalue weighted by molar-refractivity contribution is 0.0600. The molecule has 0 atom stereocenters. The molecule has 0 spiro atoms. The smallest absolute Gasteiger partial charge is 0.338 e. The van der Waals surface area contributed by atoms with Gasteiger partial charge < -0.3 is 4.74 Å². The van der Waals surface area contributed by atoms with Crippen LogP contribution in [0.1, 0.15) is 43.0 Å². The average molecular weight is 330 g/mol. The van der Waals surface area contributed by atoms with Crippen LogP contribution in [0.4, 0.5) is 0 Å². The average Bonchev–Trinajstić information content (AvgIpc) is 2.95. The molecule has 0 bridgehead atoms. The molecule has 0 aliphatic heterocycles. The summed E-state index contributed by atoms with van der Waals surface area (Å²) < 4.78 is 4.72. The largest absolute Gasteiger partial charge is 0.465 e. The van der Waals surface area contributed by atoms with Crippen LogP contribution in [0.5, 0.6) is 0 Å². The van der Waals surface area contributed by atoms with Gasteiger partial charge >= 0.3 is 5.97 Å². The third-order valence-corrected chi connectivity index (χ3v) is 4.68. The van der Waals surface area contributed by atoms with Gasteiger partial charge in [-0.25, -0.2) is 10.2 Å². The maximum absolute atomic E-state index is 12.1. The van der Waals surface area contributed by atoms with E-state index in [1.54, 1.807) is 24.3 Å². The maximum atomic E-state index is 12.1. The second kappa shape index (κ2) is 7.69. The van der Waals surface area contributed by atoms with E-state index in [1.165, 1.54) is 29.5 Å². The SMILES string of the molecule is CCc1sc(C(=O)N/N=C\c2ccccc2C(=O)OC)cc1C. The van der Waals surface area contributed by atoms with Gasteiger partial charge in [0.1, 0.15) is 0 Å². The van der Waals surface area contributed by atoms with E-state index in [0.717, 1.165) is 12.0 Å². The number of benzene rings is 1. The Morgan fingerprint density at radius 1 is 1.35 bits per heavy atom. The van der Waals surface area contributed by atoms with Crippen molar-refractivity contribution in [2.45, 2.75) is 20.3 Å². The lowest BCUT2D eigenvalue weighted by Crippen LogP contribution is -2.16. The Kier molecular flexibility index (Phi) is 5.65. The summed E-state index contributed by atoms with van der Waals surface area (Å²) >= 11 is 1.47. The van der Waals surface area contributed by atoms with Gasteiger partial charge in [-0.05, 0) is 31.0 Å². The number of carbonyl (C=O) groups excluding carboxylic acids is 2. The van der Waals surface area contributed by atoms with Crippen molar-refractivity contribution in [3.8, 4) is 0 Å². The molecule has 0 saturated carbocycles. The monoisotopic (exact) mass is 330 g/mol. The number of thiophene rings is 1. The van der Waals surface area contributed by atoms with Gasteiger partial charge in [-0.3, -0.25) is 4.79 Å². The number of carbonyl (C=O) groups is 2. The van der Waals surface area contributed by atoms with Crippen LogP contribution in [-0.2, 0) is 11.2 Å². The number of nitrogens with one attached hydrogen (secondary N) is 1. The fraction of sp³-hybridized carbons (Fsp3) is 0.235. The standard InChI is InChI=1S/C17H18N2O3S/c1-4-14-11(2)9-15(23-14)16(20)19-18-10-12-7-5-6-8-13(12)17(21)22-3/h5-10H,4H2,1-3H3,(H,19,20)/b18-10-. The Morgan fingerprint density at radius 2 is 2.09 bits per heavy atom. The molecule has 1 amide bonds. The minimum absolute atomic E-state index is 0.260. The number of methoxy groups -OCH3 is 1. The Bertz CT molecular complexity index is 750. The predicted molar refractivity (Wildman–Crippen MR) is 91.3 cm³/mol. The molecule has 0 fully saturated rings. The summed E-state index contributed by atoms with van der Waals surface area (Å²) in [5.41, 5.74) is 4.58. The molecule has 1 aromatic heterocycles. The molecule has 1 N–H and O–H groups in total. The van der Waals surface area contributed by atoms with Crippen molar-refractivity contribution < 1.29 is 14.3 Å². The van der Waals surface area contributed by atoms with E-state index in [1.807, 2.05) is 13.0 Å². The third kappa shape index (κ3) is 4.04. The summed E-state index contributed by atoms with van der Waals surface area (Å²) in [6.07, 6.45) is 2.34. The molecule has 0 unspecified atom stereocenters. The van der Waals surface area contributed by atoms with E-state index in [2.05, 4.69) is 17.5 Å². The highest BCUT2D eigenvalue weighted by Crippen LogP contribution is 2.22. The van der Waals surface area contributed by atoms with Gasteiger partial charge in [0.05, 0.1) is 23.8 Å². The number of hydrazone groups is 1. The van der Waals surface area contributed by atoms with E-state index in [-0.39, 0.29) is 5.91 Å². The topological polar surface area (TPSA) is 67.8 Å². The molecule has 0 aliphatic rings. The van der Waals surface area contributed by atoms with Crippen molar-refractivity contribution in [3.63, 3.8) is 0 Å². The number of ether oxygens (including phenoxy) is 1. The first-order valence-corrected chi connectivity index (χ1v) is 7.98. The Morgan fingerprint density at radius 3 is 2.74 bits per heavy atom. The molecular formula is C17H18N2O3S. The van der Waals surface area contributed by atoms with Gasteiger partial charge in [0, 0.05) is 10.4 Å². The molecule has 2 rings (SSSR count). The number of rotatable bonds is 5. The normalized spacial score (nSPS) is 10.7. The molecule has 120 valence electrons. The number of esters is 1. The predicted octanol–water partition coefficient (Wildman–Crippen LogP) is 3.17. The second-order valence-electron chi connectivity index (χ2n) is 4.85. The number of aryl methyl sites for hydroxylation is 2. The minimum Gasteiger partial charge on any atom is -0.465 e. The zero-order valence-corrected chi connectivity index (χ0v) is 14.1. The van der Waals surface area contributed by atoms with Crippen LogP contribution in [0.15, 0.2) is 35.4 Å². The number of nitrogens with zero attached hydrogens (tertiary/aromatic N) is 1. The Labute approximate surface area is 139 Å². The Hall–Kier alpha value is -2.47. The van der Waals surface area contributed by atoms with Gasteiger partial charge in [-0.15, -0.1) is 11.3 Å². The van der Waals surface area contributed by atoms with Gasteiger partial charge in [0.2, 0.25) is 0 Å². The summed E-state index contributed by atoms with van der Waals surface area (Å²) in [6, 6.07) is 8.75. The molecular weight excluding hydrogens is 312 g/mol. The summed E-state index contributed by atoms with van der Waals surface area (Å²) in [7, 11) is 1.32. The molecule has 23 heavy (non-hydrogen) atoms. The summed E-state index contributed by atoms with van der Waals surface area (Å²) in [5, 5.41) is 3.93. The van der Waals surface area contributed by atoms with Gasteiger partial charge in [0.15, 0.2) is 0 Å².